The standard InChI is InChI=1S/C15H14N2O/c1-2-4-15-13(3-1)5-6-14(17-15)10-16-9-12-7-8-18-11-12/h1-8,11,16H,9-10H2. The van der Waals surface area contributed by atoms with E-state index in [1.165, 1.54) is 5.39 Å². The summed E-state index contributed by atoms with van der Waals surface area (Å²) in [6.07, 6.45) is 3.44. The van der Waals surface area contributed by atoms with E-state index in [0.717, 1.165) is 29.9 Å². The van der Waals surface area contributed by atoms with Crippen LogP contribution >= 0.6 is 0 Å². The Bertz CT molecular complexity index is 632. The van der Waals surface area contributed by atoms with Crippen LogP contribution in [0.2, 0.25) is 0 Å². The molecule has 0 spiro atoms. The summed E-state index contributed by atoms with van der Waals surface area (Å²) in [5.74, 6) is 0. The van der Waals surface area contributed by atoms with Crippen LogP contribution in [-0.2, 0) is 13.1 Å². The Hall–Kier alpha value is -2.13. The van der Waals surface area contributed by atoms with Crippen molar-refractivity contribution in [2.45, 2.75) is 13.1 Å². The van der Waals surface area contributed by atoms with Crippen LogP contribution in [0.3, 0.4) is 0 Å². The Morgan fingerprint density at radius 1 is 1.00 bits per heavy atom. The highest BCUT2D eigenvalue weighted by molar-refractivity contribution is 5.78. The number of fused-ring (bicyclic) bond motifs is 1. The zero-order valence-electron chi connectivity index (χ0n) is 9.97. The minimum atomic E-state index is 0.760. The molecule has 0 fully saturated rings. The van der Waals surface area contributed by atoms with E-state index < -0.39 is 0 Å². The Labute approximate surface area is 105 Å². The molecular weight excluding hydrogens is 224 g/mol. The first-order valence-corrected chi connectivity index (χ1v) is 5.98. The molecule has 0 aliphatic rings. The van der Waals surface area contributed by atoms with Crippen LogP contribution in [0.25, 0.3) is 10.9 Å². The fourth-order valence-corrected chi connectivity index (χ4v) is 1.93. The summed E-state index contributed by atoms with van der Waals surface area (Å²) in [6.45, 7) is 1.56. The number of nitrogens with zero attached hydrogens (tertiary/aromatic N) is 1. The SMILES string of the molecule is c1ccc2nc(CNCc3ccoc3)ccc2c1. The largest absolute Gasteiger partial charge is 0.472 e. The number of pyridine rings is 1. The van der Waals surface area contributed by atoms with Crippen molar-refractivity contribution in [2.24, 2.45) is 0 Å². The Morgan fingerprint density at radius 2 is 1.94 bits per heavy atom. The number of aromatic nitrogens is 1. The summed E-state index contributed by atoms with van der Waals surface area (Å²) in [5, 5.41) is 4.52. The monoisotopic (exact) mass is 238 g/mol. The van der Waals surface area contributed by atoms with E-state index in [-0.39, 0.29) is 0 Å². The van der Waals surface area contributed by atoms with E-state index >= 15 is 0 Å². The van der Waals surface area contributed by atoms with Gasteiger partial charge in [-0.15, -0.1) is 0 Å². The minimum Gasteiger partial charge on any atom is -0.472 e. The molecule has 1 N–H and O–H groups in total. The van der Waals surface area contributed by atoms with Crippen molar-refractivity contribution in [3.05, 3.63) is 66.2 Å². The van der Waals surface area contributed by atoms with E-state index in [1.807, 2.05) is 24.3 Å². The molecule has 3 rings (SSSR count). The molecule has 1 aromatic carbocycles. The summed E-state index contributed by atoms with van der Waals surface area (Å²) in [5.41, 5.74) is 3.24. The van der Waals surface area contributed by atoms with Crippen molar-refractivity contribution < 1.29 is 4.42 Å². The second-order valence-corrected chi connectivity index (χ2v) is 4.23. The third-order valence-electron chi connectivity index (χ3n) is 2.87. The quantitative estimate of drug-likeness (QED) is 0.759. The highest BCUT2D eigenvalue weighted by Crippen LogP contribution is 2.11. The molecule has 2 aromatic heterocycles. The molecule has 0 saturated carbocycles. The van der Waals surface area contributed by atoms with Gasteiger partial charge in [0.2, 0.25) is 0 Å². The van der Waals surface area contributed by atoms with Gasteiger partial charge in [0.15, 0.2) is 0 Å². The fourth-order valence-electron chi connectivity index (χ4n) is 1.93. The van der Waals surface area contributed by atoms with Crippen molar-refractivity contribution in [1.29, 1.82) is 0 Å². The smallest absolute Gasteiger partial charge is 0.0947 e. The fraction of sp³-hybridized carbons (Fsp3) is 0.133. The van der Waals surface area contributed by atoms with Gasteiger partial charge in [0.05, 0.1) is 23.7 Å². The zero-order chi connectivity index (χ0) is 12.2. The van der Waals surface area contributed by atoms with Crippen LogP contribution in [0, 0.1) is 0 Å². The third kappa shape index (κ3) is 2.41. The lowest BCUT2D eigenvalue weighted by atomic mass is 10.2. The second-order valence-electron chi connectivity index (χ2n) is 4.23. The number of hydrogen-bond donors (Lipinski definition) is 1. The van der Waals surface area contributed by atoms with Crippen LogP contribution in [0.1, 0.15) is 11.3 Å². The predicted molar refractivity (Wildman–Crippen MR) is 71.0 cm³/mol. The van der Waals surface area contributed by atoms with E-state index in [1.54, 1.807) is 12.5 Å². The average molecular weight is 238 g/mol. The molecule has 0 radical (unpaired) electrons. The lowest BCUT2D eigenvalue weighted by Gasteiger charge is -2.04. The number of nitrogens with one attached hydrogen (secondary N) is 1. The van der Waals surface area contributed by atoms with Crippen molar-refractivity contribution in [2.75, 3.05) is 0 Å². The number of rotatable bonds is 4. The Kier molecular flexibility index (Phi) is 3.07. The van der Waals surface area contributed by atoms with Crippen LogP contribution in [0.5, 0.6) is 0 Å². The molecule has 0 amide bonds. The highest BCUT2D eigenvalue weighted by Gasteiger charge is 1.98. The van der Waals surface area contributed by atoms with Gasteiger partial charge in [-0.25, -0.2) is 0 Å². The topological polar surface area (TPSA) is 38.1 Å². The van der Waals surface area contributed by atoms with Gasteiger partial charge in [0.25, 0.3) is 0 Å². The molecule has 3 heteroatoms. The molecule has 90 valence electrons. The van der Waals surface area contributed by atoms with Crippen LogP contribution in [0.4, 0.5) is 0 Å². The van der Waals surface area contributed by atoms with Crippen LogP contribution in [0.15, 0.2) is 59.4 Å². The van der Waals surface area contributed by atoms with Gasteiger partial charge >= 0.3 is 0 Å². The Morgan fingerprint density at radius 3 is 2.83 bits per heavy atom. The van der Waals surface area contributed by atoms with Crippen molar-refractivity contribution in [3.63, 3.8) is 0 Å². The minimum absolute atomic E-state index is 0.760. The maximum atomic E-state index is 5.02. The van der Waals surface area contributed by atoms with E-state index in [0.29, 0.717) is 0 Å². The molecule has 3 aromatic rings. The maximum absolute atomic E-state index is 5.02. The first-order valence-electron chi connectivity index (χ1n) is 5.98. The maximum Gasteiger partial charge on any atom is 0.0947 e. The van der Waals surface area contributed by atoms with Crippen LogP contribution < -0.4 is 5.32 Å². The lowest BCUT2D eigenvalue weighted by Crippen LogP contribution is -2.13. The molecule has 18 heavy (non-hydrogen) atoms. The van der Waals surface area contributed by atoms with E-state index in [4.69, 9.17) is 4.42 Å². The average Bonchev–Trinajstić information content (AvgIpc) is 2.92. The normalized spacial score (nSPS) is 10.9. The summed E-state index contributed by atoms with van der Waals surface area (Å²) < 4.78 is 5.02. The summed E-state index contributed by atoms with van der Waals surface area (Å²) >= 11 is 0. The molecule has 0 saturated heterocycles. The highest BCUT2D eigenvalue weighted by atomic mass is 16.3. The molecule has 0 bridgehead atoms. The van der Waals surface area contributed by atoms with Gasteiger partial charge in [0, 0.05) is 24.0 Å². The molecular formula is C15H14N2O. The third-order valence-corrected chi connectivity index (χ3v) is 2.87. The first-order chi connectivity index (χ1) is 8.92. The summed E-state index contributed by atoms with van der Waals surface area (Å²) in [4.78, 5) is 4.61. The van der Waals surface area contributed by atoms with Gasteiger partial charge in [-0.3, -0.25) is 4.98 Å². The van der Waals surface area contributed by atoms with E-state index in [2.05, 4.69) is 28.5 Å². The van der Waals surface area contributed by atoms with Gasteiger partial charge in [-0.1, -0.05) is 24.3 Å². The molecule has 0 atom stereocenters. The number of furan rings is 1. The van der Waals surface area contributed by atoms with Gasteiger partial charge in [-0.05, 0) is 18.2 Å². The van der Waals surface area contributed by atoms with Crippen LogP contribution in [-0.4, -0.2) is 4.98 Å². The summed E-state index contributed by atoms with van der Waals surface area (Å²) in [6, 6.07) is 14.3. The van der Waals surface area contributed by atoms with Gasteiger partial charge < -0.3 is 9.73 Å². The van der Waals surface area contributed by atoms with Crippen molar-refractivity contribution >= 4 is 10.9 Å². The van der Waals surface area contributed by atoms with Crippen molar-refractivity contribution in [1.82, 2.24) is 10.3 Å². The second kappa shape index (κ2) is 5.02. The van der Waals surface area contributed by atoms with E-state index in [9.17, 15) is 0 Å². The van der Waals surface area contributed by atoms with Crippen molar-refractivity contribution in [3.8, 4) is 0 Å². The zero-order valence-corrected chi connectivity index (χ0v) is 9.97. The first kappa shape index (κ1) is 11.0. The number of hydrogen-bond acceptors (Lipinski definition) is 3. The predicted octanol–water partition coefficient (Wildman–Crippen LogP) is 3.12. The molecule has 0 aliphatic heterocycles. The lowest BCUT2D eigenvalue weighted by molar-refractivity contribution is 0.560. The Balaban J connectivity index is 1.67. The number of para-hydroxylation sites is 1. The number of benzene rings is 1. The summed E-state index contributed by atoms with van der Waals surface area (Å²) in [7, 11) is 0. The molecule has 2 heterocycles. The molecule has 0 unspecified atom stereocenters. The molecule has 3 nitrogen and oxygen atoms in total. The van der Waals surface area contributed by atoms with Gasteiger partial charge in [0.1, 0.15) is 0 Å². The molecule has 0 aliphatic carbocycles. The van der Waals surface area contributed by atoms with Gasteiger partial charge in [-0.2, -0.15) is 0 Å².